The van der Waals surface area contributed by atoms with Crippen molar-refractivity contribution in [2.24, 2.45) is 4.99 Å². The summed E-state index contributed by atoms with van der Waals surface area (Å²) in [7, 11) is 0. The van der Waals surface area contributed by atoms with Crippen molar-refractivity contribution < 1.29 is 4.79 Å². The number of hydrogen-bond acceptors (Lipinski definition) is 2. The van der Waals surface area contributed by atoms with Gasteiger partial charge in [0.25, 0.3) is 5.91 Å². The van der Waals surface area contributed by atoms with Crippen molar-refractivity contribution in [2.45, 2.75) is 38.1 Å². The van der Waals surface area contributed by atoms with E-state index in [0.717, 1.165) is 18.5 Å². The molecular weight excluding hydrogens is 298 g/mol. The molecule has 0 spiro atoms. The Morgan fingerprint density at radius 1 is 0.875 bits per heavy atom. The zero-order valence-corrected chi connectivity index (χ0v) is 13.7. The lowest BCUT2D eigenvalue weighted by Crippen LogP contribution is -2.37. The SMILES string of the molecule is O=C(NC(=NC1CCCCC1)Nc1ccccc1)c1ccccc1. The van der Waals surface area contributed by atoms with E-state index in [1.807, 2.05) is 48.5 Å². The first-order valence-electron chi connectivity index (χ1n) is 8.57. The first-order valence-corrected chi connectivity index (χ1v) is 8.57. The van der Waals surface area contributed by atoms with E-state index in [9.17, 15) is 4.79 Å². The van der Waals surface area contributed by atoms with Crippen molar-refractivity contribution >= 4 is 17.6 Å². The van der Waals surface area contributed by atoms with Gasteiger partial charge in [-0.3, -0.25) is 10.1 Å². The predicted octanol–water partition coefficient (Wildman–Crippen LogP) is 4.22. The standard InChI is InChI=1S/C20H23N3O/c24-19(16-10-4-1-5-11-16)23-20(21-17-12-6-2-7-13-17)22-18-14-8-3-9-15-18/h1-2,4-7,10-13,18H,3,8-9,14-15H2,(H2,21,22,23,24). The summed E-state index contributed by atoms with van der Waals surface area (Å²) in [6.07, 6.45) is 5.87. The van der Waals surface area contributed by atoms with Crippen molar-refractivity contribution in [3.8, 4) is 0 Å². The van der Waals surface area contributed by atoms with Gasteiger partial charge in [0, 0.05) is 11.3 Å². The Kier molecular flexibility index (Phi) is 5.61. The molecular formula is C20H23N3O. The number of anilines is 1. The van der Waals surface area contributed by atoms with Crippen LogP contribution in [0.3, 0.4) is 0 Å². The maximum absolute atomic E-state index is 12.5. The molecule has 0 aromatic heterocycles. The molecule has 2 aromatic carbocycles. The van der Waals surface area contributed by atoms with E-state index >= 15 is 0 Å². The lowest BCUT2D eigenvalue weighted by atomic mass is 9.96. The monoisotopic (exact) mass is 321 g/mol. The van der Waals surface area contributed by atoms with Crippen LogP contribution < -0.4 is 10.6 Å². The number of benzene rings is 2. The van der Waals surface area contributed by atoms with Crippen LogP contribution in [0.15, 0.2) is 65.7 Å². The number of guanidine groups is 1. The summed E-state index contributed by atoms with van der Waals surface area (Å²) in [5.74, 6) is 0.385. The van der Waals surface area contributed by atoms with Crippen molar-refractivity contribution in [3.63, 3.8) is 0 Å². The zero-order chi connectivity index (χ0) is 16.6. The number of hydrogen-bond donors (Lipinski definition) is 2. The van der Waals surface area contributed by atoms with Crippen LogP contribution in [0.25, 0.3) is 0 Å². The number of aliphatic imine (C=N–C) groups is 1. The molecule has 124 valence electrons. The van der Waals surface area contributed by atoms with Gasteiger partial charge in [0.15, 0.2) is 0 Å². The average Bonchev–Trinajstić information content (AvgIpc) is 2.64. The van der Waals surface area contributed by atoms with Crippen LogP contribution in [0.2, 0.25) is 0 Å². The smallest absolute Gasteiger partial charge is 0.257 e. The molecule has 0 bridgehead atoms. The van der Waals surface area contributed by atoms with Gasteiger partial charge in [0.1, 0.15) is 0 Å². The molecule has 1 aliphatic rings. The predicted molar refractivity (Wildman–Crippen MR) is 98.3 cm³/mol. The van der Waals surface area contributed by atoms with E-state index in [2.05, 4.69) is 10.6 Å². The molecule has 1 saturated carbocycles. The number of nitrogens with one attached hydrogen (secondary N) is 2. The summed E-state index contributed by atoms with van der Waals surface area (Å²) in [5, 5.41) is 6.17. The molecule has 1 fully saturated rings. The third-order valence-corrected chi connectivity index (χ3v) is 4.19. The fourth-order valence-corrected chi connectivity index (χ4v) is 2.92. The van der Waals surface area contributed by atoms with E-state index in [-0.39, 0.29) is 11.9 Å². The van der Waals surface area contributed by atoms with Gasteiger partial charge in [-0.15, -0.1) is 0 Å². The minimum absolute atomic E-state index is 0.145. The van der Waals surface area contributed by atoms with Crippen LogP contribution in [0.5, 0.6) is 0 Å². The van der Waals surface area contributed by atoms with Crippen LogP contribution in [0.1, 0.15) is 42.5 Å². The Hall–Kier alpha value is -2.62. The topological polar surface area (TPSA) is 53.5 Å². The Morgan fingerprint density at radius 3 is 2.17 bits per heavy atom. The molecule has 0 radical (unpaired) electrons. The summed E-state index contributed by atoms with van der Waals surface area (Å²) >= 11 is 0. The molecule has 0 saturated heterocycles. The first-order chi connectivity index (χ1) is 11.8. The van der Waals surface area contributed by atoms with Gasteiger partial charge < -0.3 is 5.32 Å². The number of para-hydroxylation sites is 1. The van der Waals surface area contributed by atoms with Gasteiger partial charge in [-0.2, -0.15) is 0 Å². The Morgan fingerprint density at radius 2 is 1.50 bits per heavy atom. The highest BCUT2D eigenvalue weighted by Crippen LogP contribution is 2.20. The number of nitrogens with zero attached hydrogens (tertiary/aromatic N) is 1. The van der Waals surface area contributed by atoms with Gasteiger partial charge in [0.2, 0.25) is 5.96 Å². The minimum Gasteiger partial charge on any atom is -0.326 e. The van der Waals surface area contributed by atoms with Gasteiger partial charge in [-0.25, -0.2) is 4.99 Å². The second kappa shape index (κ2) is 8.29. The van der Waals surface area contributed by atoms with Gasteiger partial charge in [0.05, 0.1) is 6.04 Å². The Balaban J connectivity index is 1.76. The molecule has 1 amide bonds. The van der Waals surface area contributed by atoms with Gasteiger partial charge in [-0.1, -0.05) is 55.7 Å². The molecule has 0 aliphatic heterocycles. The summed E-state index contributed by atoms with van der Waals surface area (Å²) in [5.41, 5.74) is 1.55. The summed E-state index contributed by atoms with van der Waals surface area (Å²) < 4.78 is 0. The van der Waals surface area contributed by atoms with Crippen molar-refractivity contribution in [2.75, 3.05) is 5.32 Å². The number of carbonyl (C=O) groups is 1. The van der Waals surface area contributed by atoms with E-state index in [0.29, 0.717) is 11.5 Å². The quantitative estimate of drug-likeness (QED) is 0.657. The highest BCUT2D eigenvalue weighted by atomic mass is 16.1. The largest absolute Gasteiger partial charge is 0.326 e. The lowest BCUT2D eigenvalue weighted by molar-refractivity contribution is 0.0977. The molecule has 24 heavy (non-hydrogen) atoms. The van der Waals surface area contributed by atoms with E-state index in [1.54, 1.807) is 12.1 Å². The van der Waals surface area contributed by atoms with E-state index in [4.69, 9.17) is 4.99 Å². The summed E-state index contributed by atoms with van der Waals surface area (Å²) in [6.45, 7) is 0. The third-order valence-electron chi connectivity index (χ3n) is 4.19. The Labute approximate surface area is 143 Å². The van der Waals surface area contributed by atoms with E-state index in [1.165, 1.54) is 19.3 Å². The maximum atomic E-state index is 12.5. The fraction of sp³-hybridized carbons (Fsp3) is 0.300. The zero-order valence-electron chi connectivity index (χ0n) is 13.7. The molecule has 1 aliphatic carbocycles. The van der Waals surface area contributed by atoms with Gasteiger partial charge in [-0.05, 0) is 37.1 Å². The summed E-state index contributed by atoms with van der Waals surface area (Å²) in [4.78, 5) is 17.2. The third kappa shape index (κ3) is 4.69. The number of rotatable bonds is 3. The molecule has 0 atom stereocenters. The summed E-state index contributed by atoms with van der Waals surface area (Å²) in [6, 6.07) is 19.3. The van der Waals surface area contributed by atoms with Crippen LogP contribution >= 0.6 is 0 Å². The highest BCUT2D eigenvalue weighted by molar-refractivity contribution is 6.09. The fourth-order valence-electron chi connectivity index (χ4n) is 2.92. The van der Waals surface area contributed by atoms with Crippen LogP contribution in [-0.4, -0.2) is 17.9 Å². The van der Waals surface area contributed by atoms with E-state index < -0.39 is 0 Å². The molecule has 3 rings (SSSR count). The van der Waals surface area contributed by atoms with Crippen LogP contribution in [0.4, 0.5) is 5.69 Å². The molecule has 4 heteroatoms. The molecule has 2 N–H and O–H groups in total. The van der Waals surface area contributed by atoms with Crippen molar-refractivity contribution in [1.82, 2.24) is 5.32 Å². The van der Waals surface area contributed by atoms with Gasteiger partial charge >= 0.3 is 0 Å². The molecule has 4 nitrogen and oxygen atoms in total. The second-order valence-electron chi connectivity index (χ2n) is 6.08. The Bertz CT molecular complexity index is 677. The average molecular weight is 321 g/mol. The minimum atomic E-state index is -0.145. The highest BCUT2D eigenvalue weighted by Gasteiger charge is 2.15. The second-order valence-corrected chi connectivity index (χ2v) is 6.08. The van der Waals surface area contributed by atoms with Crippen molar-refractivity contribution in [3.05, 3.63) is 66.2 Å². The molecule has 2 aromatic rings. The maximum Gasteiger partial charge on any atom is 0.257 e. The molecule has 0 unspecified atom stereocenters. The van der Waals surface area contributed by atoms with Crippen LogP contribution in [-0.2, 0) is 0 Å². The van der Waals surface area contributed by atoms with Crippen molar-refractivity contribution in [1.29, 1.82) is 0 Å². The number of carbonyl (C=O) groups excluding carboxylic acids is 1. The normalized spacial score (nSPS) is 15.8. The van der Waals surface area contributed by atoms with Crippen LogP contribution in [0, 0.1) is 0 Å². The number of amides is 1. The molecule has 0 heterocycles. The lowest BCUT2D eigenvalue weighted by Gasteiger charge is -2.20. The first kappa shape index (κ1) is 16.2.